The summed E-state index contributed by atoms with van der Waals surface area (Å²) in [5.41, 5.74) is 0.570. The minimum Gasteiger partial charge on any atom is -0.421 e. The van der Waals surface area contributed by atoms with E-state index in [4.69, 9.17) is 27.9 Å². The van der Waals surface area contributed by atoms with Crippen molar-refractivity contribution in [2.75, 3.05) is 22.6 Å². The van der Waals surface area contributed by atoms with Crippen LogP contribution in [0.3, 0.4) is 0 Å². The van der Waals surface area contributed by atoms with Crippen LogP contribution in [0.4, 0.5) is 15.8 Å². The van der Waals surface area contributed by atoms with Crippen molar-refractivity contribution in [1.29, 1.82) is 0 Å². The molecule has 0 unspecified atom stereocenters. The van der Waals surface area contributed by atoms with Gasteiger partial charge in [0.2, 0.25) is 11.8 Å². The Hall–Kier alpha value is -3.57. The van der Waals surface area contributed by atoms with Crippen LogP contribution in [0.2, 0.25) is 5.02 Å². The summed E-state index contributed by atoms with van der Waals surface area (Å²) in [4.78, 5) is 38.7. The molecule has 0 aliphatic carbocycles. The Morgan fingerprint density at radius 1 is 1.23 bits per heavy atom. The van der Waals surface area contributed by atoms with E-state index in [-0.39, 0.29) is 17.8 Å². The van der Waals surface area contributed by atoms with Crippen molar-refractivity contribution in [2.24, 2.45) is 0 Å². The number of benzene rings is 2. The van der Waals surface area contributed by atoms with Gasteiger partial charge in [-0.05, 0) is 47.2 Å². The van der Waals surface area contributed by atoms with Crippen LogP contribution in [0.15, 0.2) is 42.7 Å². The van der Waals surface area contributed by atoms with Gasteiger partial charge in [0.15, 0.2) is 11.6 Å². The molecule has 3 aromatic rings. The number of unbranched alkanes of at least 4 members (excludes halogenated alkanes) is 1. The van der Waals surface area contributed by atoms with Gasteiger partial charge in [-0.15, -0.1) is 16.7 Å². The van der Waals surface area contributed by atoms with Gasteiger partial charge in [0.1, 0.15) is 18.8 Å². The highest BCUT2D eigenvalue weighted by molar-refractivity contribution is 6.31. The molecule has 2 aromatic carbocycles. The highest BCUT2D eigenvalue weighted by atomic mass is 35.5. The van der Waals surface area contributed by atoms with Crippen molar-refractivity contribution < 1.29 is 23.5 Å². The highest BCUT2D eigenvalue weighted by Crippen LogP contribution is 2.32. The number of rotatable bonds is 10. The second kappa shape index (κ2) is 12.2. The third kappa shape index (κ3) is 6.74. The van der Waals surface area contributed by atoms with Gasteiger partial charge in [0.05, 0.1) is 17.1 Å². The first-order chi connectivity index (χ1) is 16.8. The van der Waals surface area contributed by atoms with E-state index in [1.807, 2.05) is 6.92 Å². The van der Waals surface area contributed by atoms with Crippen LogP contribution < -0.4 is 15.0 Å². The maximum Gasteiger partial charge on any atom is 0.311 e. The van der Waals surface area contributed by atoms with Crippen LogP contribution in [0.1, 0.15) is 26.2 Å². The number of alkyl halides is 1. The lowest BCUT2D eigenvalue weighted by Crippen LogP contribution is -2.39. The van der Waals surface area contributed by atoms with E-state index in [0.717, 1.165) is 17.4 Å². The summed E-state index contributed by atoms with van der Waals surface area (Å²) >= 11 is 11.8. The van der Waals surface area contributed by atoms with E-state index in [0.29, 0.717) is 17.1 Å². The first-order valence-corrected chi connectivity index (χ1v) is 11.4. The number of hydrogen-bond acceptors (Lipinski definition) is 7. The Morgan fingerprint density at radius 2 is 2.03 bits per heavy atom. The molecule has 3 rings (SSSR count). The Balaban J connectivity index is 1.88. The number of ether oxygens (including phenoxy) is 1. The summed E-state index contributed by atoms with van der Waals surface area (Å²) in [5.74, 6) is -3.85. The lowest BCUT2D eigenvalue weighted by molar-refractivity contribution is -0.134. The van der Waals surface area contributed by atoms with Gasteiger partial charge in [0.25, 0.3) is 0 Å². The molecular weight excluding hydrogens is 502 g/mol. The molecule has 1 heterocycles. The van der Waals surface area contributed by atoms with Crippen molar-refractivity contribution in [3.63, 3.8) is 0 Å². The Kier molecular flexibility index (Phi) is 9.10. The molecule has 0 radical (unpaired) electrons. The number of aromatic nitrogens is 4. The fourth-order valence-corrected chi connectivity index (χ4v) is 3.41. The normalized spacial score (nSPS) is 10.6. The number of tetrazole rings is 1. The molecule has 0 aliphatic heterocycles. The van der Waals surface area contributed by atoms with Crippen LogP contribution in [0.5, 0.6) is 5.75 Å². The van der Waals surface area contributed by atoms with Gasteiger partial charge in [0, 0.05) is 11.4 Å². The number of carbonyl (C=O) groups is 3. The van der Waals surface area contributed by atoms with Crippen molar-refractivity contribution >= 4 is 52.4 Å². The van der Waals surface area contributed by atoms with Crippen molar-refractivity contribution in [1.82, 2.24) is 20.2 Å². The van der Waals surface area contributed by atoms with Crippen molar-refractivity contribution in [3.8, 4) is 11.4 Å². The lowest BCUT2D eigenvalue weighted by atomic mass is 10.2. The topological polar surface area (TPSA) is 119 Å². The Labute approximate surface area is 209 Å². The SMILES string of the molecule is CCCCC(=O)Oc1c(F)cccc1N(CC(=O)Nc1cc(Cl)ccc1-n1cnnn1)C(=O)CCl. The average Bonchev–Trinajstić information content (AvgIpc) is 3.37. The molecule has 0 saturated carbocycles. The van der Waals surface area contributed by atoms with E-state index in [9.17, 15) is 18.8 Å². The molecule has 1 N–H and O–H groups in total. The first-order valence-electron chi connectivity index (χ1n) is 10.5. The van der Waals surface area contributed by atoms with Gasteiger partial charge in [-0.2, -0.15) is 4.68 Å². The summed E-state index contributed by atoms with van der Waals surface area (Å²) in [7, 11) is 0. The van der Waals surface area contributed by atoms with E-state index >= 15 is 0 Å². The fourth-order valence-electron chi connectivity index (χ4n) is 3.09. The summed E-state index contributed by atoms with van der Waals surface area (Å²) in [6.45, 7) is 1.34. The number of halogens is 3. The molecule has 0 atom stereocenters. The third-order valence-corrected chi connectivity index (χ3v) is 5.20. The Morgan fingerprint density at radius 3 is 2.71 bits per heavy atom. The number of carbonyl (C=O) groups excluding carboxylic acids is 3. The fraction of sp³-hybridized carbons (Fsp3) is 0.273. The van der Waals surface area contributed by atoms with E-state index in [1.165, 1.54) is 29.2 Å². The van der Waals surface area contributed by atoms with E-state index in [2.05, 4.69) is 20.8 Å². The molecule has 0 aliphatic rings. The number of nitrogens with one attached hydrogen (secondary N) is 1. The van der Waals surface area contributed by atoms with Crippen LogP contribution in [-0.4, -0.2) is 50.4 Å². The van der Waals surface area contributed by atoms with Crippen LogP contribution in [0, 0.1) is 5.82 Å². The number of amides is 2. The number of hydrogen-bond donors (Lipinski definition) is 1. The molecule has 35 heavy (non-hydrogen) atoms. The zero-order valence-electron chi connectivity index (χ0n) is 18.6. The number of esters is 1. The molecule has 0 fully saturated rings. The Bertz CT molecular complexity index is 1210. The zero-order chi connectivity index (χ0) is 25.4. The predicted molar refractivity (Wildman–Crippen MR) is 127 cm³/mol. The molecule has 184 valence electrons. The largest absolute Gasteiger partial charge is 0.421 e. The number of nitrogens with zero attached hydrogens (tertiary/aromatic N) is 5. The summed E-state index contributed by atoms with van der Waals surface area (Å²) < 4.78 is 21.1. The van der Waals surface area contributed by atoms with Gasteiger partial charge >= 0.3 is 5.97 Å². The molecule has 0 saturated heterocycles. The maximum absolute atomic E-state index is 14.6. The quantitative estimate of drug-likeness (QED) is 0.244. The molecule has 0 bridgehead atoms. The smallest absolute Gasteiger partial charge is 0.311 e. The molecule has 13 heteroatoms. The van der Waals surface area contributed by atoms with E-state index < -0.39 is 41.8 Å². The molecular formula is C22H21Cl2FN6O4. The standard InChI is InChI=1S/C22H21Cl2FN6O4/c1-2-3-7-21(34)35-22-15(25)5-4-6-18(22)30(20(33)11-23)12-19(32)27-16-10-14(24)8-9-17(16)31-13-26-28-29-31/h4-6,8-10,13H,2-3,7,11-12H2,1H3,(H,27,32). The molecule has 2 amide bonds. The van der Waals surface area contributed by atoms with Crippen LogP contribution >= 0.6 is 23.2 Å². The highest BCUT2D eigenvalue weighted by Gasteiger charge is 2.25. The summed E-state index contributed by atoms with van der Waals surface area (Å²) in [6, 6.07) is 8.43. The average molecular weight is 523 g/mol. The number of para-hydroxylation sites is 1. The minimum absolute atomic E-state index is 0.0723. The third-order valence-electron chi connectivity index (χ3n) is 4.73. The summed E-state index contributed by atoms with van der Waals surface area (Å²) in [6.07, 6.45) is 2.70. The zero-order valence-corrected chi connectivity index (χ0v) is 20.1. The molecule has 0 spiro atoms. The number of anilines is 2. The second-order valence-corrected chi connectivity index (χ2v) is 7.95. The van der Waals surface area contributed by atoms with Crippen molar-refractivity contribution in [2.45, 2.75) is 26.2 Å². The van der Waals surface area contributed by atoms with Crippen molar-refractivity contribution in [3.05, 3.63) is 53.6 Å². The van der Waals surface area contributed by atoms with E-state index in [1.54, 1.807) is 12.1 Å². The van der Waals surface area contributed by atoms with Gasteiger partial charge in [-0.1, -0.05) is 31.0 Å². The van der Waals surface area contributed by atoms with Crippen LogP contribution in [-0.2, 0) is 14.4 Å². The minimum atomic E-state index is -0.865. The first kappa shape index (κ1) is 26.0. The van der Waals surface area contributed by atoms with Crippen LogP contribution in [0.25, 0.3) is 5.69 Å². The molecule has 10 nitrogen and oxygen atoms in total. The second-order valence-electron chi connectivity index (χ2n) is 7.24. The maximum atomic E-state index is 14.6. The van der Waals surface area contributed by atoms with Gasteiger partial charge in [-0.25, -0.2) is 4.39 Å². The predicted octanol–water partition coefficient (Wildman–Crippen LogP) is 3.76. The summed E-state index contributed by atoms with van der Waals surface area (Å²) in [5, 5.41) is 13.9. The molecule has 1 aromatic heterocycles. The van der Waals surface area contributed by atoms with Gasteiger partial charge < -0.3 is 10.1 Å². The van der Waals surface area contributed by atoms with Gasteiger partial charge in [-0.3, -0.25) is 19.3 Å². The monoisotopic (exact) mass is 522 g/mol. The lowest BCUT2D eigenvalue weighted by Gasteiger charge is -2.24.